The van der Waals surface area contributed by atoms with Gasteiger partial charge in [0.15, 0.2) is 0 Å². The van der Waals surface area contributed by atoms with Crippen LogP contribution in [0.2, 0.25) is 10.0 Å². The monoisotopic (exact) mass is 280 g/mol. The van der Waals surface area contributed by atoms with Crippen molar-refractivity contribution in [1.82, 2.24) is 0 Å². The molecule has 1 aromatic carbocycles. The third-order valence-corrected chi connectivity index (χ3v) is 3.48. The van der Waals surface area contributed by atoms with E-state index in [0.717, 1.165) is 0 Å². The number of halogens is 2. The Labute approximate surface area is 115 Å². The molecule has 1 atom stereocenters. The summed E-state index contributed by atoms with van der Waals surface area (Å²) in [5.74, 6) is 0.0775. The molecule has 18 heavy (non-hydrogen) atoms. The van der Waals surface area contributed by atoms with Gasteiger partial charge in [0.25, 0.3) is 0 Å². The topological polar surface area (TPSA) is 44.1 Å². The van der Waals surface area contributed by atoms with Crippen LogP contribution in [-0.4, -0.2) is 12.5 Å². The van der Waals surface area contributed by atoms with Gasteiger partial charge in [0, 0.05) is 18.9 Å². The first kappa shape index (κ1) is 12.9. The molecule has 1 amide bonds. The first-order valence-electron chi connectivity index (χ1n) is 5.39. The van der Waals surface area contributed by atoms with Gasteiger partial charge >= 0.3 is 0 Å². The molecule has 1 aromatic rings. The fourth-order valence-electron chi connectivity index (χ4n) is 2.00. The molecule has 1 heterocycles. The van der Waals surface area contributed by atoms with Crippen LogP contribution in [0.1, 0.15) is 12.0 Å². The van der Waals surface area contributed by atoms with E-state index >= 15 is 0 Å². The van der Waals surface area contributed by atoms with Crippen molar-refractivity contribution in [3.8, 4) is 6.07 Å². The van der Waals surface area contributed by atoms with Gasteiger partial charge in [-0.15, -0.1) is 6.58 Å². The second-order valence-electron chi connectivity index (χ2n) is 4.10. The van der Waals surface area contributed by atoms with Crippen LogP contribution in [0.5, 0.6) is 0 Å². The Bertz CT molecular complexity index is 540. The molecule has 0 saturated carbocycles. The van der Waals surface area contributed by atoms with E-state index in [1.165, 1.54) is 12.1 Å². The van der Waals surface area contributed by atoms with Crippen molar-refractivity contribution >= 4 is 34.8 Å². The fraction of sp³-hybridized carbons (Fsp3) is 0.231. The number of hydrogen-bond acceptors (Lipinski definition) is 2. The highest BCUT2D eigenvalue weighted by Gasteiger charge is 2.31. The largest absolute Gasteiger partial charge is 0.309 e. The van der Waals surface area contributed by atoms with E-state index in [4.69, 9.17) is 28.5 Å². The van der Waals surface area contributed by atoms with Crippen LogP contribution in [-0.2, 0) is 4.79 Å². The number of nitriles is 1. The Kier molecular flexibility index (Phi) is 3.60. The normalized spacial score (nSPS) is 18.8. The van der Waals surface area contributed by atoms with Crippen LogP contribution in [0.25, 0.3) is 0 Å². The SMILES string of the molecule is C=CC1CC(=O)N(c2c(Cl)cc(C#N)cc2Cl)C1. The van der Waals surface area contributed by atoms with E-state index in [1.54, 1.807) is 11.0 Å². The van der Waals surface area contributed by atoms with Crippen LogP contribution in [0.4, 0.5) is 5.69 Å². The summed E-state index contributed by atoms with van der Waals surface area (Å²) >= 11 is 12.2. The Balaban J connectivity index is 2.44. The molecule has 0 aromatic heterocycles. The first-order valence-corrected chi connectivity index (χ1v) is 6.14. The fourth-order valence-corrected chi connectivity index (χ4v) is 2.69. The van der Waals surface area contributed by atoms with E-state index in [-0.39, 0.29) is 11.8 Å². The average molecular weight is 281 g/mol. The number of hydrogen-bond donors (Lipinski definition) is 0. The summed E-state index contributed by atoms with van der Waals surface area (Å²) in [6.45, 7) is 4.21. The summed E-state index contributed by atoms with van der Waals surface area (Å²) in [5, 5.41) is 9.45. The van der Waals surface area contributed by atoms with Gasteiger partial charge in [-0.1, -0.05) is 29.3 Å². The van der Waals surface area contributed by atoms with Gasteiger partial charge in [-0.3, -0.25) is 4.79 Å². The third kappa shape index (κ3) is 2.22. The van der Waals surface area contributed by atoms with Crippen molar-refractivity contribution in [2.45, 2.75) is 6.42 Å². The Morgan fingerprint density at radius 1 is 1.44 bits per heavy atom. The standard InChI is InChI=1S/C13H10Cl2N2O/c1-2-8-5-12(18)17(7-8)13-10(14)3-9(6-16)4-11(13)15/h2-4,8H,1,5,7H2. The molecule has 5 heteroatoms. The summed E-state index contributed by atoms with van der Waals surface area (Å²) < 4.78 is 0. The van der Waals surface area contributed by atoms with Crippen molar-refractivity contribution in [2.75, 3.05) is 11.4 Å². The van der Waals surface area contributed by atoms with Crippen molar-refractivity contribution in [3.05, 3.63) is 40.4 Å². The van der Waals surface area contributed by atoms with E-state index in [9.17, 15) is 4.79 Å². The molecule has 1 unspecified atom stereocenters. The number of benzene rings is 1. The molecule has 0 bridgehead atoms. The van der Waals surface area contributed by atoms with Gasteiger partial charge in [0.1, 0.15) is 0 Å². The van der Waals surface area contributed by atoms with Gasteiger partial charge in [0.05, 0.1) is 27.4 Å². The first-order chi connectivity index (χ1) is 8.56. The third-order valence-electron chi connectivity index (χ3n) is 2.90. The number of rotatable bonds is 2. The lowest BCUT2D eigenvalue weighted by Gasteiger charge is -2.19. The predicted octanol–water partition coefficient (Wildman–Crippen LogP) is 3.40. The van der Waals surface area contributed by atoms with Crippen molar-refractivity contribution in [1.29, 1.82) is 5.26 Å². The number of nitrogens with zero attached hydrogens (tertiary/aromatic N) is 2. The summed E-state index contributed by atoms with van der Waals surface area (Å²) in [6, 6.07) is 4.99. The molecule has 0 spiro atoms. The highest BCUT2D eigenvalue weighted by atomic mass is 35.5. The molecule has 0 radical (unpaired) electrons. The predicted molar refractivity (Wildman–Crippen MR) is 71.8 cm³/mol. The minimum Gasteiger partial charge on any atom is -0.309 e. The van der Waals surface area contributed by atoms with Crippen molar-refractivity contribution in [3.63, 3.8) is 0 Å². The second-order valence-corrected chi connectivity index (χ2v) is 4.92. The Morgan fingerprint density at radius 3 is 2.50 bits per heavy atom. The molecule has 1 fully saturated rings. The second kappa shape index (κ2) is 5.01. The number of carbonyl (C=O) groups excluding carboxylic acids is 1. The van der Waals surface area contributed by atoms with Gasteiger partial charge in [-0.25, -0.2) is 0 Å². The van der Waals surface area contributed by atoms with E-state index < -0.39 is 0 Å². The maximum Gasteiger partial charge on any atom is 0.227 e. The summed E-state index contributed by atoms with van der Waals surface area (Å²) in [7, 11) is 0. The summed E-state index contributed by atoms with van der Waals surface area (Å²) in [6.07, 6.45) is 2.17. The molecule has 0 aliphatic carbocycles. The lowest BCUT2D eigenvalue weighted by atomic mass is 10.1. The van der Waals surface area contributed by atoms with Crippen LogP contribution in [0, 0.1) is 17.2 Å². The molecule has 1 saturated heterocycles. The van der Waals surface area contributed by atoms with E-state index in [0.29, 0.717) is 34.3 Å². The van der Waals surface area contributed by atoms with Gasteiger partial charge in [-0.05, 0) is 12.1 Å². The van der Waals surface area contributed by atoms with E-state index in [1.807, 2.05) is 6.07 Å². The zero-order chi connectivity index (χ0) is 13.3. The van der Waals surface area contributed by atoms with Gasteiger partial charge in [0.2, 0.25) is 5.91 Å². The Morgan fingerprint density at radius 2 is 2.06 bits per heavy atom. The molecular weight excluding hydrogens is 271 g/mol. The molecule has 0 N–H and O–H groups in total. The number of anilines is 1. The molecule has 1 aliphatic heterocycles. The van der Waals surface area contributed by atoms with Crippen molar-refractivity contribution < 1.29 is 4.79 Å². The van der Waals surface area contributed by atoms with Crippen LogP contribution in [0.3, 0.4) is 0 Å². The van der Waals surface area contributed by atoms with Crippen LogP contribution in [0.15, 0.2) is 24.8 Å². The summed E-state index contributed by atoms with van der Waals surface area (Å²) in [5.41, 5.74) is 0.854. The van der Waals surface area contributed by atoms with Crippen molar-refractivity contribution in [2.24, 2.45) is 5.92 Å². The van der Waals surface area contributed by atoms with Gasteiger partial charge in [-0.2, -0.15) is 5.26 Å². The highest BCUT2D eigenvalue weighted by Crippen LogP contribution is 2.38. The highest BCUT2D eigenvalue weighted by molar-refractivity contribution is 6.40. The van der Waals surface area contributed by atoms with Crippen LogP contribution < -0.4 is 4.90 Å². The van der Waals surface area contributed by atoms with E-state index in [2.05, 4.69) is 6.58 Å². The molecule has 1 aliphatic rings. The zero-order valence-electron chi connectivity index (χ0n) is 9.49. The molecular formula is C13H10Cl2N2O. The maximum absolute atomic E-state index is 11.9. The smallest absolute Gasteiger partial charge is 0.227 e. The molecule has 92 valence electrons. The zero-order valence-corrected chi connectivity index (χ0v) is 11.0. The lowest BCUT2D eigenvalue weighted by Crippen LogP contribution is -2.25. The maximum atomic E-state index is 11.9. The molecule has 2 rings (SSSR count). The minimum absolute atomic E-state index is 0.0339. The average Bonchev–Trinajstić information content (AvgIpc) is 2.70. The summed E-state index contributed by atoms with van der Waals surface area (Å²) in [4.78, 5) is 13.5. The molecule has 3 nitrogen and oxygen atoms in total. The number of amides is 1. The number of carbonyl (C=O) groups is 1. The van der Waals surface area contributed by atoms with Gasteiger partial charge < -0.3 is 4.90 Å². The Hall–Kier alpha value is -1.50. The van der Waals surface area contributed by atoms with Crippen LogP contribution >= 0.6 is 23.2 Å². The minimum atomic E-state index is -0.0339. The lowest BCUT2D eigenvalue weighted by molar-refractivity contribution is -0.117. The quantitative estimate of drug-likeness (QED) is 0.780.